The van der Waals surface area contributed by atoms with Crippen molar-refractivity contribution in [2.24, 2.45) is 5.73 Å². The van der Waals surface area contributed by atoms with Crippen LogP contribution in [0.25, 0.3) is 0 Å². The molecule has 3 heteroatoms. The Bertz CT molecular complexity index is 361. The molecule has 0 aliphatic carbocycles. The first-order valence-electron chi connectivity index (χ1n) is 4.83. The summed E-state index contributed by atoms with van der Waals surface area (Å²) in [5.74, 6) is 0.670. The molecule has 0 unspecified atom stereocenters. The van der Waals surface area contributed by atoms with E-state index in [0.717, 1.165) is 11.1 Å². The SMILES string of the molecule is C=C(C)COc1ccc([C@@H](C)N)cc1Cl. The molecule has 2 nitrogen and oxygen atoms in total. The molecule has 15 heavy (non-hydrogen) atoms. The number of ether oxygens (including phenoxy) is 1. The van der Waals surface area contributed by atoms with Crippen LogP contribution in [0.2, 0.25) is 5.02 Å². The van der Waals surface area contributed by atoms with Gasteiger partial charge in [-0.15, -0.1) is 0 Å². The van der Waals surface area contributed by atoms with Gasteiger partial charge in [-0.25, -0.2) is 0 Å². The van der Waals surface area contributed by atoms with Crippen LogP contribution in [0.3, 0.4) is 0 Å². The molecule has 0 heterocycles. The largest absolute Gasteiger partial charge is 0.488 e. The number of benzene rings is 1. The summed E-state index contributed by atoms with van der Waals surface area (Å²) in [7, 11) is 0. The molecule has 0 aliphatic heterocycles. The summed E-state index contributed by atoms with van der Waals surface area (Å²) < 4.78 is 5.46. The number of hydrogen-bond acceptors (Lipinski definition) is 2. The first-order chi connectivity index (χ1) is 7.00. The Kier molecular flexibility index (Phi) is 4.18. The Morgan fingerprint density at radius 3 is 2.73 bits per heavy atom. The summed E-state index contributed by atoms with van der Waals surface area (Å²) >= 11 is 6.05. The Hall–Kier alpha value is -0.990. The summed E-state index contributed by atoms with van der Waals surface area (Å²) in [6.07, 6.45) is 0. The normalized spacial score (nSPS) is 12.3. The van der Waals surface area contributed by atoms with E-state index in [1.165, 1.54) is 0 Å². The minimum atomic E-state index is -0.0160. The molecule has 0 aliphatic rings. The summed E-state index contributed by atoms with van der Waals surface area (Å²) in [4.78, 5) is 0. The second-order valence-electron chi connectivity index (χ2n) is 3.72. The lowest BCUT2D eigenvalue weighted by Gasteiger charge is -2.11. The third-order valence-corrected chi connectivity index (χ3v) is 2.25. The molecule has 1 atom stereocenters. The van der Waals surface area contributed by atoms with Gasteiger partial charge in [0.1, 0.15) is 12.4 Å². The van der Waals surface area contributed by atoms with Crippen molar-refractivity contribution in [3.05, 3.63) is 40.9 Å². The summed E-state index contributed by atoms with van der Waals surface area (Å²) in [5.41, 5.74) is 7.70. The van der Waals surface area contributed by atoms with E-state index in [1.54, 1.807) is 0 Å². The molecule has 0 saturated carbocycles. The van der Waals surface area contributed by atoms with Crippen LogP contribution in [0.15, 0.2) is 30.4 Å². The topological polar surface area (TPSA) is 35.2 Å². The van der Waals surface area contributed by atoms with Gasteiger partial charge in [-0.2, -0.15) is 0 Å². The second-order valence-corrected chi connectivity index (χ2v) is 4.13. The van der Waals surface area contributed by atoms with E-state index in [4.69, 9.17) is 22.1 Å². The van der Waals surface area contributed by atoms with E-state index in [2.05, 4.69) is 6.58 Å². The molecule has 0 amide bonds. The highest BCUT2D eigenvalue weighted by Crippen LogP contribution is 2.27. The number of hydrogen-bond donors (Lipinski definition) is 1. The second kappa shape index (κ2) is 5.19. The van der Waals surface area contributed by atoms with E-state index in [9.17, 15) is 0 Å². The van der Waals surface area contributed by atoms with Gasteiger partial charge in [-0.05, 0) is 37.1 Å². The van der Waals surface area contributed by atoms with Crippen molar-refractivity contribution in [1.29, 1.82) is 0 Å². The van der Waals surface area contributed by atoms with Gasteiger partial charge in [-0.3, -0.25) is 0 Å². The maximum absolute atomic E-state index is 6.05. The van der Waals surface area contributed by atoms with Crippen molar-refractivity contribution in [3.8, 4) is 5.75 Å². The molecule has 1 rings (SSSR count). The monoisotopic (exact) mass is 225 g/mol. The molecular formula is C12H16ClNO. The first kappa shape index (κ1) is 12.1. The highest BCUT2D eigenvalue weighted by Gasteiger charge is 2.05. The fourth-order valence-corrected chi connectivity index (χ4v) is 1.36. The average Bonchev–Trinajstić information content (AvgIpc) is 2.15. The van der Waals surface area contributed by atoms with Crippen molar-refractivity contribution in [2.75, 3.05) is 6.61 Å². The van der Waals surface area contributed by atoms with Gasteiger partial charge in [0, 0.05) is 6.04 Å². The lowest BCUT2D eigenvalue weighted by Crippen LogP contribution is -2.05. The van der Waals surface area contributed by atoms with Crippen molar-refractivity contribution in [3.63, 3.8) is 0 Å². The van der Waals surface area contributed by atoms with Crippen molar-refractivity contribution >= 4 is 11.6 Å². The lowest BCUT2D eigenvalue weighted by atomic mass is 10.1. The van der Waals surface area contributed by atoms with Crippen LogP contribution in [0.1, 0.15) is 25.5 Å². The minimum Gasteiger partial charge on any atom is -0.488 e. The first-order valence-corrected chi connectivity index (χ1v) is 5.20. The molecule has 0 radical (unpaired) electrons. The van der Waals surface area contributed by atoms with Gasteiger partial charge in [0.25, 0.3) is 0 Å². The van der Waals surface area contributed by atoms with Crippen LogP contribution in [-0.2, 0) is 0 Å². The number of nitrogens with two attached hydrogens (primary N) is 1. The van der Waals surface area contributed by atoms with Crippen LogP contribution in [0, 0.1) is 0 Å². The lowest BCUT2D eigenvalue weighted by molar-refractivity contribution is 0.353. The summed E-state index contributed by atoms with van der Waals surface area (Å²) in [6, 6.07) is 5.58. The Morgan fingerprint density at radius 2 is 2.27 bits per heavy atom. The zero-order valence-corrected chi connectivity index (χ0v) is 9.84. The highest BCUT2D eigenvalue weighted by molar-refractivity contribution is 6.32. The highest BCUT2D eigenvalue weighted by atomic mass is 35.5. The molecule has 0 spiro atoms. The third kappa shape index (κ3) is 3.57. The van der Waals surface area contributed by atoms with Crippen molar-refractivity contribution in [2.45, 2.75) is 19.9 Å². The van der Waals surface area contributed by atoms with Crippen LogP contribution in [0.5, 0.6) is 5.75 Å². The van der Waals surface area contributed by atoms with Gasteiger partial charge in [0.2, 0.25) is 0 Å². The third-order valence-electron chi connectivity index (χ3n) is 1.96. The fourth-order valence-electron chi connectivity index (χ4n) is 1.12. The average molecular weight is 226 g/mol. The van der Waals surface area contributed by atoms with Crippen LogP contribution < -0.4 is 10.5 Å². The fraction of sp³-hybridized carbons (Fsp3) is 0.333. The van der Waals surface area contributed by atoms with Crippen LogP contribution in [-0.4, -0.2) is 6.61 Å². The molecular weight excluding hydrogens is 210 g/mol. The van der Waals surface area contributed by atoms with E-state index in [0.29, 0.717) is 17.4 Å². The molecule has 82 valence electrons. The molecule has 2 N–H and O–H groups in total. The molecule has 0 aromatic heterocycles. The van der Waals surface area contributed by atoms with Gasteiger partial charge in [0.05, 0.1) is 5.02 Å². The zero-order valence-electron chi connectivity index (χ0n) is 9.09. The predicted octanol–water partition coefficient (Wildman–Crippen LogP) is 3.31. The van der Waals surface area contributed by atoms with Gasteiger partial charge >= 0.3 is 0 Å². The van der Waals surface area contributed by atoms with E-state index in [-0.39, 0.29) is 6.04 Å². The predicted molar refractivity (Wildman–Crippen MR) is 64.4 cm³/mol. The van der Waals surface area contributed by atoms with Crippen LogP contribution >= 0.6 is 11.6 Å². The maximum Gasteiger partial charge on any atom is 0.138 e. The molecule has 1 aromatic rings. The molecule has 1 aromatic carbocycles. The van der Waals surface area contributed by atoms with Gasteiger partial charge in [0.15, 0.2) is 0 Å². The van der Waals surface area contributed by atoms with E-state index >= 15 is 0 Å². The minimum absolute atomic E-state index is 0.0160. The van der Waals surface area contributed by atoms with E-state index in [1.807, 2.05) is 32.0 Å². The Balaban J connectivity index is 2.79. The Labute approximate surface area is 95.7 Å². The zero-order chi connectivity index (χ0) is 11.4. The standard InChI is InChI=1S/C12H16ClNO/c1-8(2)7-15-12-5-4-10(9(3)14)6-11(12)13/h4-6,9H,1,7,14H2,2-3H3/t9-/m1/s1. The Morgan fingerprint density at radius 1 is 1.60 bits per heavy atom. The smallest absolute Gasteiger partial charge is 0.138 e. The molecule has 0 fully saturated rings. The van der Waals surface area contributed by atoms with Crippen molar-refractivity contribution < 1.29 is 4.74 Å². The number of rotatable bonds is 4. The van der Waals surface area contributed by atoms with Crippen LogP contribution in [0.4, 0.5) is 0 Å². The van der Waals surface area contributed by atoms with Crippen molar-refractivity contribution in [1.82, 2.24) is 0 Å². The summed E-state index contributed by atoms with van der Waals surface area (Å²) in [6.45, 7) is 8.06. The maximum atomic E-state index is 6.05. The summed E-state index contributed by atoms with van der Waals surface area (Å²) in [5, 5.41) is 0.589. The van der Waals surface area contributed by atoms with E-state index < -0.39 is 0 Å². The van der Waals surface area contributed by atoms with Gasteiger partial charge < -0.3 is 10.5 Å². The number of halogens is 1. The molecule has 0 saturated heterocycles. The van der Waals surface area contributed by atoms with Gasteiger partial charge in [-0.1, -0.05) is 24.2 Å². The molecule has 0 bridgehead atoms. The quantitative estimate of drug-likeness (QED) is 0.798.